The maximum Gasteiger partial charge on any atom is 0.194 e. The van der Waals surface area contributed by atoms with Crippen molar-refractivity contribution in [1.29, 1.82) is 0 Å². The van der Waals surface area contributed by atoms with E-state index in [-0.39, 0.29) is 11.0 Å². The smallest absolute Gasteiger partial charge is 0.194 e. The Bertz CT molecular complexity index is 292. The van der Waals surface area contributed by atoms with Gasteiger partial charge >= 0.3 is 0 Å². The molecule has 0 saturated carbocycles. The topological polar surface area (TPSA) is 17.1 Å². The molecule has 4 heteroatoms. The molecule has 1 atom stereocenters. The van der Waals surface area contributed by atoms with Gasteiger partial charge < -0.3 is 0 Å². The number of thioether (sulfide) groups is 1. The molecule has 0 saturated heterocycles. The molecule has 0 N–H and O–H groups in total. The summed E-state index contributed by atoms with van der Waals surface area (Å²) in [4.78, 5) is 11.4. The lowest BCUT2D eigenvalue weighted by Gasteiger charge is -2.12. The van der Waals surface area contributed by atoms with Crippen LogP contribution < -0.4 is 0 Å². The number of hydrogen-bond acceptors (Lipinski definition) is 3. The third kappa shape index (κ3) is 13.0. The lowest BCUT2D eigenvalue weighted by Crippen LogP contribution is -2.16. The minimum absolute atomic E-state index is 0.0672. The van der Waals surface area contributed by atoms with E-state index in [1.165, 1.54) is 64.2 Å². The molecule has 0 aromatic rings. The number of hydrogen-bond donors (Lipinski definition) is 1. The molecular formula is C18H34OS3. The monoisotopic (exact) mass is 362 g/mol. The predicted molar refractivity (Wildman–Crippen MR) is 109 cm³/mol. The van der Waals surface area contributed by atoms with Crippen molar-refractivity contribution in [3.63, 3.8) is 0 Å². The summed E-state index contributed by atoms with van der Waals surface area (Å²) in [6.45, 7) is 4.35. The molecule has 130 valence electrons. The maximum atomic E-state index is 11.4. The van der Waals surface area contributed by atoms with Crippen LogP contribution >= 0.6 is 36.6 Å². The number of unbranched alkanes of at least 4 members (excludes halogenated alkanes) is 9. The molecule has 0 rings (SSSR count). The van der Waals surface area contributed by atoms with Crippen LogP contribution in [0, 0.1) is 5.92 Å². The van der Waals surface area contributed by atoms with E-state index >= 15 is 0 Å². The van der Waals surface area contributed by atoms with Crippen LogP contribution in [0.1, 0.15) is 90.9 Å². The van der Waals surface area contributed by atoms with Gasteiger partial charge in [-0.2, -0.15) is 0 Å². The van der Waals surface area contributed by atoms with Crippen LogP contribution in [0.15, 0.2) is 0 Å². The van der Waals surface area contributed by atoms with Crippen LogP contribution in [0.3, 0.4) is 0 Å². The summed E-state index contributed by atoms with van der Waals surface area (Å²) in [5.74, 6) is 0.924. The Morgan fingerprint density at radius 3 is 1.86 bits per heavy atom. The number of carbonyl (C=O) groups is 1. The van der Waals surface area contributed by atoms with Gasteiger partial charge in [0.1, 0.15) is 0 Å². The van der Waals surface area contributed by atoms with E-state index < -0.39 is 0 Å². The van der Waals surface area contributed by atoms with Crippen LogP contribution in [0.25, 0.3) is 0 Å². The summed E-state index contributed by atoms with van der Waals surface area (Å²) < 4.78 is 0.845. The maximum absolute atomic E-state index is 11.4. The molecular weight excluding hydrogens is 328 g/mol. The lowest BCUT2D eigenvalue weighted by atomic mass is 10.1. The second-order valence-corrected chi connectivity index (χ2v) is 8.30. The van der Waals surface area contributed by atoms with Crippen molar-refractivity contribution in [1.82, 2.24) is 0 Å². The third-order valence-corrected chi connectivity index (χ3v) is 5.91. The van der Waals surface area contributed by atoms with Gasteiger partial charge in [-0.05, 0) is 18.6 Å². The van der Waals surface area contributed by atoms with Crippen LogP contribution in [0.5, 0.6) is 0 Å². The van der Waals surface area contributed by atoms with E-state index in [9.17, 15) is 4.79 Å². The number of thiocarbonyl (C=S) groups is 1. The summed E-state index contributed by atoms with van der Waals surface area (Å²) in [7, 11) is 0. The quantitative estimate of drug-likeness (QED) is 0.195. The first-order chi connectivity index (χ1) is 10.6. The summed E-state index contributed by atoms with van der Waals surface area (Å²) in [5.41, 5.74) is 0. The van der Waals surface area contributed by atoms with E-state index in [4.69, 9.17) is 12.2 Å². The molecule has 0 aromatic carbocycles. The highest BCUT2D eigenvalue weighted by Gasteiger charge is 2.19. The molecule has 1 unspecified atom stereocenters. The second-order valence-electron chi connectivity index (χ2n) is 6.03. The molecule has 0 heterocycles. The first-order valence-corrected chi connectivity index (χ1v) is 10.9. The number of rotatable bonds is 15. The predicted octanol–water partition coefficient (Wildman–Crippen LogP) is 6.84. The van der Waals surface area contributed by atoms with Crippen LogP contribution in [0.2, 0.25) is 0 Å². The van der Waals surface area contributed by atoms with Crippen molar-refractivity contribution < 1.29 is 4.79 Å². The zero-order chi connectivity index (χ0) is 16.6. The highest BCUT2D eigenvalue weighted by molar-refractivity contribution is 8.23. The van der Waals surface area contributed by atoms with Crippen molar-refractivity contribution in [3.8, 4) is 0 Å². The van der Waals surface area contributed by atoms with Crippen molar-refractivity contribution in [3.05, 3.63) is 0 Å². The molecule has 1 nitrogen and oxygen atoms in total. The largest absolute Gasteiger partial charge is 0.287 e. The minimum atomic E-state index is -0.128. The average molecular weight is 363 g/mol. The molecule has 0 fully saturated rings. The Balaban J connectivity index is 3.45. The van der Waals surface area contributed by atoms with Crippen molar-refractivity contribution in [2.75, 3.05) is 5.75 Å². The van der Waals surface area contributed by atoms with Crippen molar-refractivity contribution in [2.45, 2.75) is 90.9 Å². The fourth-order valence-corrected chi connectivity index (χ4v) is 4.38. The molecule has 22 heavy (non-hydrogen) atoms. The summed E-state index contributed by atoms with van der Waals surface area (Å²) in [6.07, 6.45) is 15.4. The zero-order valence-electron chi connectivity index (χ0n) is 14.4. The lowest BCUT2D eigenvalue weighted by molar-refractivity contribution is -0.112. The summed E-state index contributed by atoms with van der Waals surface area (Å²) in [6, 6.07) is 0. The van der Waals surface area contributed by atoms with E-state index in [1.54, 1.807) is 11.8 Å². The molecule has 0 aliphatic rings. The Labute approximate surface area is 153 Å². The van der Waals surface area contributed by atoms with Gasteiger partial charge in [0.2, 0.25) is 0 Å². The average Bonchev–Trinajstić information content (AvgIpc) is 2.49. The van der Waals surface area contributed by atoms with E-state index in [1.807, 2.05) is 0 Å². The first-order valence-electron chi connectivity index (χ1n) is 9.02. The molecule has 0 radical (unpaired) electrons. The summed E-state index contributed by atoms with van der Waals surface area (Å²) in [5, 5.41) is -0.0672. The molecule has 0 bridgehead atoms. The van der Waals surface area contributed by atoms with Gasteiger partial charge in [0.25, 0.3) is 0 Å². The molecule has 0 aromatic heterocycles. The number of thiol groups is 1. The van der Waals surface area contributed by atoms with Gasteiger partial charge in [-0.3, -0.25) is 4.79 Å². The number of carbonyl (C=O) groups excluding carboxylic acids is 1. The van der Waals surface area contributed by atoms with Gasteiger partial charge in [-0.1, -0.05) is 90.3 Å². The van der Waals surface area contributed by atoms with Gasteiger partial charge in [0.05, 0.1) is 10.1 Å². The Kier molecular flexibility index (Phi) is 16.7. The molecule has 0 aliphatic heterocycles. The van der Waals surface area contributed by atoms with Gasteiger partial charge in [-0.25, -0.2) is 0 Å². The van der Waals surface area contributed by atoms with Gasteiger partial charge in [-0.15, -0.1) is 24.4 Å². The fourth-order valence-electron chi connectivity index (χ4n) is 2.49. The van der Waals surface area contributed by atoms with Crippen molar-refractivity contribution >= 4 is 45.9 Å². The van der Waals surface area contributed by atoms with Crippen LogP contribution in [0.4, 0.5) is 0 Å². The fraction of sp³-hybridized carbons (Fsp3) is 0.889. The highest BCUT2D eigenvalue weighted by Crippen LogP contribution is 2.22. The van der Waals surface area contributed by atoms with E-state index in [2.05, 4.69) is 26.5 Å². The Morgan fingerprint density at radius 1 is 0.909 bits per heavy atom. The van der Waals surface area contributed by atoms with E-state index in [0.717, 1.165) is 22.8 Å². The minimum Gasteiger partial charge on any atom is -0.287 e. The molecule has 0 aliphatic carbocycles. The van der Waals surface area contributed by atoms with Crippen LogP contribution in [-0.2, 0) is 4.79 Å². The normalized spacial score (nSPS) is 12.3. The van der Waals surface area contributed by atoms with Crippen LogP contribution in [-0.4, -0.2) is 15.1 Å². The molecule has 0 amide bonds. The van der Waals surface area contributed by atoms with Crippen molar-refractivity contribution in [2.24, 2.45) is 5.92 Å². The molecule has 0 spiro atoms. The zero-order valence-corrected chi connectivity index (χ0v) is 17.0. The third-order valence-electron chi connectivity index (χ3n) is 3.90. The SMILES string of the molecule is CCCCCCCCCCCCSC(=S)C(CCC)C(=O)S. The Hall–Kier alpha value is 0.460. The van der Waals surface area contributed by atoms with Gasteiger partial charge in [0.15, 0.2) is 5.12 Å². The summed E-state index contributed by atoms with van der Waals surface area (Å²) >= 11 is 11.0. The van der Waals surface area contributed by atoms with Gasteiger partial charge in [0, 0.05) is 0 Å². The van der Waals surface area contributed by atoms with E-state index in [0.29, 0.717) is 0 Å². The first kappa shape index (κ1) is 22.5. The highest BCUT2D eigenvalue weighted by atomic mass is 32.2. The second kappa shape index (κ2) is 16.3. The Morgan fingerprint density at radius 2 is 1.41 bits per heavy atom. The standard InChI is InChI=1S/C18H34OS3/c1-3-5-6-7-8-9-10-11-12-13-15-22-18(21)16(14-4-2)17(19)20/h16H,3-15H2,1-2H3,(H,19,20).